The summed E-state index contributed by atoms with van der Waals surface area (Å²) in [7, 11) is 0. The molecule has 0 atom stereocenters. The quantitative estimate of drug-likeness (QED) is 0.0431. The number of unbranched alkanes of at least 4 members (excludes halogenated alkanes) is 6. The fourth-order valence-electron chi connectivity index (χ4n) is 6.45. The van der Waals surface area contributed by atoms with Crippen molar-refractivity contribution in [3.63, 3.8) is 0 Å². The topological polar surface area (TPSA) is 16.6 Å². The van der Waals surface area contributed by atoms with E-state index in [1.807, 2.05) is 0 Å². The summed E-state index contributed by atoms with van der Waals surface area (Å²) < 4.78 is 294. The van der Waals surface area contributed by atoms with Crippen LogP contribution in [-0.4, -0.2) is 19.2 Å². The standard InChI is InChI=1S/C24BF20.C12H27N/c26-5-1(6(27)14(35)21(42)13(5)34)25(2-7(28)15(36)22(43)16(37)8(2)29,3-9(30)17(38)23(44)18(39)10(3)31)4-11(32)19(40)24(45)20(41)12(4)33;1-3-5-7-9-11-13-12-10-8-6-4-2/h;13H,3-12H2,1-2H3/q-1;/p+1. The molecule has 2 N–H and O–H groups in total. The Labute approximate surface area is 316 Å². The van der Waals surface area contributed by atoms with Crippen molar-refractivity contribution in [1.29, 1.82) is 0 Å². The van der Waals surface area contributed by atoms with Crippen LogP contribution in [0.3, 0.4) is 0 Å². The van der Waals surface area contributed by atoms with E-state index in [4.69, 9.17) is 0 Å². The van der Waals surface area contributed by atoms with Crippen molar-refractivity contribution in [2.75, 3.05) is 13.1 Å². The zero-order valence-corrected chi connectivity index (χ0v) is 29.8. The molecule has 0 heterocycles. The van der Waals surface area contributed by atoms with Gasteiger partial charge in [-0.25, -0.2) is 87.8 Å². The van der Waals surface area contributed by atoms with Crippen LogP contribution in [0.1, 0.15) is 65.2 Å². The van der Waals surface area contributed by atoms with Gasteiger partial charge in [0.1, 0.15) is 52.7 Å². The van der Waals surface area contributed by atoms with Crippen LogP contribution in [0.4, 0.5) is 87.8 Å². The van der Waals surface area contributed by atoms with E-state index in [9.17, 15) is 52.7 Å². The molecule has 320 valence electrons. The minimum Gasteiger partial charge on any atom is -0.346 e. The molecule has 0 amide bonds. The van der Waals surface area contributed by atoms with E-state index in [1.165, 1.54) is 64.5 Å². The molecule has 0 saturated heterocycles. The largest absolute Gasteiger partial charge is 0.346 e. The van der Waals surface area contributed by atoms with Gasteiger partial charge in [-0.15, -0.1) is 21.9 Å². The Morgan fingerprint density at radius 3 is 0.603 bits per heavy atom. The van der Waals surface area contributed by atoms with Crippen LogP contribution in [-0.2, 0) is 0 Å². The summed E-state index contributed by atoms with van der Waals surface area (Å²) in [6.45, 7) is 7.25. The lowest BCUT2D eigenvalue weighted by molar-refractivity contribution is -0.655. The molecule has 0 aliphatic heterocycles. The van der Waals surface area contributed by atoms with Gasteiger partial charge in [0.15, 0.2) is 69.8 Å². The average Bonchev–Trinajstić information content (AvgIpc) is 3.20. The Morgan fingerprint density at radius 2 is 0.431 bits per heavy atom. The molecule has 0 fully saturated rings. The Morgan fingerprint density at radius 1 is 0.259 bits per heavy atom. The molecule has 0 aromatic heterocycles. The SMILES string of the molecule is CCCCCC[NH2+]CCCCCC.Fc1c(F)c(F)c([B-](c2c(F)c(F)c(F)c(F)c2F)(c2c(F)c(F)c(F)c(F)c2F)c2c(F)c(F)c(F)c(F)c2F)c(F)c1F. The van der Waals surface area contributed by atoms with Gasteiger partial charge in [0.25, 0.3) is 0 Å². The first-order chi connectivity index (χ1) is 27.1. The molecule has 0 aliphatic carbocycles. The summed E-state index contributed by atoms with van der Waals surface area (Å²) in [6.07, 6.45) is 4.04. The third-order valence-corrected chi connectivity index (χ3v) is 9.23. The zero-order chi connectivity index (χ0) is 44.1. The van der Waals surface area contributed by atoms with Crippen molar-refractivity contribution >= 4 is 28.0 Å². The molecule has 0 unspecified atom stereocenters. The second-order valence-electron chi connectivity index (χ2n) is 12.8. The van der Waals surface area contributed by atoms with Crippen molar-refractivity contribution in [2.24, 2.45) is 0 Å². The first kappa shape index (κ1) is 47.9. The molecule has 0 saturated carbocycles. The summed E-state index contributed by atoms with van der Waals surface area (Å²) in [6, 6.07) is 0. The van der Waals surface area contributed by atoms with Crippen LogP contribution in [0.15, 0.2) is 0 Å². The Kier molecular flexibility index (Phi) is 16.1. The van der Waals surface area contributed by atoms with Crippen LogP contribution in [0, 0.1) is 116 Å². The van der Waals surface area contributed by atoms with Crippen LogP contribution >= 0.6 is 0 Å². The van der Waals surface area contributed by atoms with Gasteiger partial charge >= 0.3 is 0 Å². The smallest absolute Gasteiger partial charge is 0.200 e. The minimum absolute atomic E-state index is 1.35. The molecule has 4 aromatic carbocycles. The van der Waals surface area contributed by atoms with Crippen LogP contribution < -0.4 is 27.2 Å². The summed E-state index contributed by atoms with van der Waals surface area (Å²) in [5.74, 6) is -71.4. The van der Waals surface area contributed by atoms with Crippen molar-refractivity contribution in [3.05, 3.63) is 116 Å². The highest BCUT2D eigenvalue weighted by molar-refractivity contribution is 7.20. The van der Waals surface area contributed by atoms with Gasteiger partial charge in [0.05, 0.1) is 13.1 Å². The monoisotopic (exact) mass is 865 g/mol. The molecule has 0 bridgehead atoms. The third kappa shape index (κ3) is 8.34. The van der Waals surface area contributed by atoms with E-state index in [0.717, 1.165) is 0 Å². The van der Waals surface area contributed by atoms with E-state index in [1.54, 1.807) is 0 Å². The molecule has 1 nitrogen and oxygen atoms in total. The number of benzene rings is 4. The summed E-state index contributed by atoms with van der Waals surface area (Å²) >= 11 is 0. The van der Waals surface area contributed by atoms with Crippen molar-refractivity contribution < 1.29 is 93.1 Å². The predicted octanol–water partition coefficient (Wildman–Crippen LogP) is 8.56. The molecular weight excluding hydrogens is 837 g/mol. The van der Waals surface area contributed by atoms with Crippen molar-refractivity contribution in [1.82, 2.24) is 0 Å². The van der Waals surface area contributed by atoms with E-state index in [-0.39, 0.29) is 0 Å². The second-order valence-corrected chi connectivity index (χ2v) is 12.8. The van der Waals surface area contributed by atoms with Gasteiger partial charge in [-0.3, -0.25) is 0 Å². The Hall–Kier alpha value is -4.50. The van der Waals surface area contributed by atoms with Gasteiger partial charge in [0.2, 0.25) is 0 Å². The van der Waals surface area contributed by atoms with Gasteiger partial charge in [-0.2, -0.15) is 0 Å². The van der Waals surface area contributed by atoms with E-state index in [2.05, 4.69) is 19.2 Å². The van der Waals surface area contributed by atoms with Gasteiger partial charge in [0, 0.05) is 0 Å². The predicted molar refractivity (Wildman–Crippen MR) is 169 cm³/mol. The minimum atomic E-state index is -7.22. The van der Waals surface area contributed by atoms with Crippen LogP contribution in [0.2, 0.25) is 0 Å². The maximum Gasteiger partial charge on any atom is 0.200 e. The molecule has 4 rings (SSSR count). The maximum absolute atomic E-state index is 15.4. The van der Waals surface area contributed by atoms with E-state index in [0.29, 0.717) is 0 Å². The normalized spacial score (nSPS) is 11.7. The second kappa shape index (κ2) is 19.5. The summed E-state index contributed by atoms with van der Waals surface area (Å²) in [4.78, 5) is 0. The lowest BCUT2D eigenvalue weighted by Crippen LogP contribution is -2.84. The first-order valence-electron chi connectivity index (χ1n) is 17.2. The lowest BCUT2D eigenvalue weighted by Gasteiger charge is -2.44. The first-order valence-corrected chi connectivity index (χ1v) is 17.2. The summed E-state index contributed by atoms with van der Waals surface area (Å²) in [5.41, 5.74) is -14.3. The fraction of sp³-hybridized carbons (Fsp3) is 0.333. The number of hydrogen-bond donors (Lipinski definition) is 1. The molecule has 0 aliphatic rings. The maximum atomic E-state index is 15.4. The lowest BCUT2D eigenvalue weighted by atomic mass is 9.12. The van der Waals surface area contributed by atoms with Gasteiger partial charge in [-0.05, 0) is 25.7 Å². The van der Waals surface area contributed by atoms with Crippen molar-refractivity contribution in [3.8, 4) is 0 Å². The molecule has 58 heavy (non-hydrogen) atoms. The number of halogens is 20. The highest BCUT2D eigenvalue weighted by Gasteiger charge is 2.52. The van der Waals surface area contributed by atoms with Gasteiger partial charge < -0.3 is 5.32 Å². The summed E-state index contributed by atoms with van der Waals surface area (Å²) in [5, 5.41) is 2.49. The number of nitrogens with two attached hydrogens (primary N) is 1. The van der Waals surface area contributed by atoms with Crippen LogP contribution in [0.25, 0.3) is 0 Å². The molecule has 0 spiro atoms. The Bertz CT molecular complexity index is 1770. The number of hydrogen-bond acceptors (Lipinski definition) is 0. The van der Waals surface area contributed by atoms with E-state index < -0.39 is 144 Å². The fourth-order valence-corrected chi connectivity index (χ4v) is 6.45. The van der Waals surface area contributed by atoms with Crippen molar-refractivity contribution in [2.45, 2.75) is 65.2 Å². The molecule has 0 radical (unpaired) electrons. The Balaban J connectivity index is 0.000000594. The highest BCUT2D eigenvalue weighted by Crippen LogP contribution is 2.30. The molecular formula is C36H28BF20N. The highest BCUT2D eigenvalue weighted by atomic mass is 19.2. The molecule has 4 aromatic rings. The average molecular weight is 865 g/mol. The zero-order valence-electron chi connectivity index (χ0n) is 29.8. The van der Waals surface area contributed by atoms with Crippen LogP contribution in [0.5, 0.6) is 0 Å². The number of quaternary nitrogens is 1. The van der Waals surface area contributed by atoms with E-state index >= 15 is 35.1 Å². The molecule has 22 heteroatoms. The third-order valence-electron chi connectivity index (χ3n) is 9.23. The van der Waals surface area contributed by atoms with Gasteiger partial charge in [-0.1, -0.05) is 39.5 Å². The number of rotatable bonds is 14.